The van der Waals surface area contributed by atoms with Crippen molar-refractivity contribution in [1.82, 2.24) is 0 Å². The Hall–Kier alpha value is -3.03. The summed E-state index contributed by atoms with van der Waals surface area (Å²) in [6.07, 6.45) is -4.21. The number of aryl methyl sites for hydroxylation is 1. The number of ether oxygens (including phenoxy) is 2. The van der Waals surface area contributed by atoms with Gasteiger partial charge in [-0.15, -0.1) is 0 Å². The van der Waals surface area contributed by atoms with Gasteiger partial charge in [-0.05, 0) is 29.2 Å². The molecule has 0 saturated carbocycles. The van der Waals surface area contributed by atoms with Crippen molar-refractivity contribution in [3.8, 4) is 22.6 Å². The molecule has 3 rings (SSSR count). The maximum Gasteiger partial charge on any atom is 0.406 e. The van der Waals surface area contributed by atoms with E-state index in [0.29, 0.717) is 24.0 Å². The molecule has 148 valence electrons. The number of carboxylic acid groups (broad SMARTS) is 1. The topological polar surface area (TPSA) is 72.8 Å². The molecule has 28 heavy (non-hydrogen) atoms. The number of halogens is 3. The fraction of sp³-hybridized carbons (Fsp3) is 0.300. The average Bonchev–Trinajstić information content (AvgIpc) is 3.00. The Morgan fingerprint density at radius 2 is 1.75 bits per heavy atom. The predicted octanol–water partition coefficient (Wildman–Crippen LogP) is 4.23. The van der Waals surface area contributed by atoms with Gasteiger partial charge in [-0.3, -0.25) is 9.59 Å². The van der Waals surface area contributed by atoms with Gasteiger partial charge in [0, 0.05) is 17.5 Å². The highest BCUT2D eigenvalue weighted by Crippen LogP contribution is 2.48. The van der Waals surface area contributed by atoms with Crippen LogP contribution in [0.25, 0.3) is 11.1 Å². The van der Waals surface area contributed by atoms with E-state index in [-0.39, 0.29) is 22.8 Å². The maximum absolute atomic E-state index is 13.7. The summed E-state index contributed by atoms with van der Waals surface area (Å²) in [4.78, 5) is 23.4. The number of methoxy groups -OCH3 is 2. The normalized spacial score (nSPS) is 14.5. The van der Waals surface area contributed by atoms with Crippen LogP contribution in [0.2, 0.25) is 0 Å². The van der Waals surface area contributed by atoms with Crippen LogP contribution in [0.1, 0.15) is 33.8 Å². The van der Waals surface area contributed by atoms with Crippen molar-refractivity contribution in [1.29, 1.82) is 0 Å². The van der Waals surface area contributed by atoms with Gasteiger partial charge < -0.3 is 14.6 Å². The molecule has 1 atom stereocenters. The molecule has 1 aliphatic carbocycles. The number of rotatable bonds is 5. The van der Waals surface area contributed by atoms with Crippen LogP contribution in [0.4, 0.5) is 13.2 Å². The summed E-state index contributed by atoms with van der Waals surface area (Å²) in [5, 5.41) is 9.35. The molecule has 2 aromatic carbocycles. The SMILES string of the molecule is COc1ccc(-c2ccc3c(c2)CCC3=O)c(C(C(=O)O)C(F)(F)F)c1OC. The number of alkyl halides is 3. The fourth-order valence-corrected chi connectivity index (χ4v) is 3.54. The van der Waals surface area contributed by atoms with Gasteiger partial charge in [0.1, 0.15) is 0 Å². The Labute approximate surface area is 158 Å². The van der Waals surface area contributed by atoms with Crippen LogP contribution in [0.5, 0.6) is 11.5 Å². The number of Topliss-reactive ketones (excluding diaryl/α,β-unsaturated/α-hetero) is 1. The van der Waals surface area contributed by atoms with E-state index in [9.17, 15) is 27.9 Å². The largest absolute Gasteiger partial charge is 0.493 e. The molecule has 0 saturated heterocycles. The molecule has 1 unspecified atom stereocenters. The third-order valence-corrected chi connectivity index (χ3v) is 4.79. The van der Waals surface area contributed by atoms with E-state index < -0.39 is 23.6 Å². The molecule has 8 heteroatoms. The first-order valence-electron chi connectivity index (χ1n) is 8.40. The summed E-state index contributed by atoms with van der Waals surface area (Å²) in [6, 6.07) is 7.49. The zero-order valence-electron chi connectivity index (χ0n) is 15.1. The minimum absolute atomic E-state index is 0.00640. The predicted molar refractivity (Wildman–Crippen MR) is 94.1 cm³/mol. The van der Waals surface area contributed by atoms with E-state index in [0.717, 1.165) is 12.7 Å². The lowest BCUT2D eigenvalue weighted by Gasteiger charge is -2.24. The van der Waals surface area contributed by atoms with Gasteiger partial charge in [0.25, 0.3) is 0 Å². The lowest BCUT2D eigenvalue weighted by Crippen LogP contribution is -2.29. The van der Waals surface area contributed by atoms with E-state index >= 15 is 0 Å². The van der Waals surface area contributed by atoms with E-state index in [4.69, 9.17) is 9.47 Å². The van der Waals surface area contributed by atoms with Crippen LogP contribution in [0, 0.1) is 0 Å². The molecule has 0 bridgehead atoms. The molecule has 0 spiro atoms. The number of aliphatic carboxylic acids is 1. The van der Waals surface area contributed by atoms with Gasteiger partial charge in [0.2, 0.25) is 0 Å². The zero-order valence-corrected chi connectivity index (χ0v) is 15.1. The molecular formula is C20H17F3O5. The van der Waals surface area contributed by atoms with Crippen molar-refractivity contribution >= 4 is 11.8 Å². The van der Waals surface area contributed by atoms with Crippen LogP contribution in [-0.4, -0.2) is 37.3 Å². The molecule has 0 aromatic heterocycles. The standard InChI is InChI=1S/C20H17F3O5/c1-27-15-8-6-13(11-3-5-12-10(9-11)4-7-14(12)24)16(18(15)28-2)17(19(25)26)20(21,22)23/h3,5-6,8-9,17H,4,7H2,1-2H3,(H,25,26). The fourth-order valence-electron chi connectivity index (χ4n) is 3.54. The van der Waals surface area contributed by atoms with E-state index in [1.165, 1.54) is 25.3 Å². The number of carbonyl (C=O) groups excluding carboxylic acids is 1. The Morgan fingerprint density at radius 1 is 1.07 bits per heavy atom. The zero-order chi connectivity index (χ0) is 20.6. The van der Waals surface area contributed by atoms with Crippen molar-refractivity contribution in [3.63, 3.8) is 0 Å². The first-order chi connectivity index (χ1) is 13.2. The van der Waals surface area contributed by atoms with Crippen LogP contribution in [-0.2, 0) is 11.2 Å². The Kier molecular flexibility index (Phi) is 5.06. The molecule has 5 nitrogen and oxygen atoms in total. The van der Waals surface area contributed by atoms with Crippen molar-refractivity contribution in [2.24, 2.45) is 0 Å². The van der Waals surface area contributed by atoms with Gasteiger partial charge in [-0.1, -0.05) is 24.3 Å². The second-order valence-electron chi connectivity index (χ2n) is 6.37. The van der Waals surface area contributed by atoms with Gasteiger partial charge in [-0.25, -0.2) is 0 Å². The van der Waals surface area contributed by atoms with Crippen LogP contribution >= 0.6 is 0 Å². The summed E-state index contributed by atoms with van der Waals surface area (Å²) in [5.41, 5.74) is 1.16. The van der Waals surface area contributed by atoms with Gasteiger partial charge in [-0.2, -0.15) is 13.2 Å². The Morgan fingerprint density at radius 3 is 2.32 bits per heavy atom. The summed E-state index contributed by atoms with van der Waals surface area (Å²) in [5.74, 6) is -5.17. The summed E-state index contributed by atoms with van der Waals surface area (Å²) >= 11 is 0. The summed E-state index contributed by atoms with van der Waals surface area (Å²) in [7, 11) is 2.41. The number of ketones is 1. The van der Waals surface area contributed by atoms with Gasteiger partial charge in [0.15, 0.2) is 23.2 Å². The van der Waals surface area contributed by atoms with Crippen molar-refractivity contribution in [3.05, 3.63) is 47.0 Å². The highest BCUT2D eigenvalue weighted by molar-refractivity contribution is 6.01. The van der Waals surface area contributed by atoms with Crippen molar-refractivity contribution in [2.75, 3.05) is 14.2 Å². The molecule has 0 aliphatic heterocycles. The highest BCUT2D eigenvalue weighted by Gasteiger charge is 2.49. The number of fused-ring (bicyclic) bond motifs is 1. The average molecular weight is 394 g/mol. The molecule has 2 aromatic rings. The Balaban J connectivity index is 2.30. The minimum atomic E-state index is -5.05. The quantitative estimate of drug-likeness (QED) is 0.822. The van der Waals surface area contributed by atoms with E-state index in [1.54, 1.807) is 12.1 Å². The number of hydrogen-bond acceptors (Lipinski definition) is 4. The van der Waals surface area contributed by atoms with Crippen LogP contribution < -0.4 is 9.47 Å². The second kappa shape index (κ2) is 7.18. The third kappa shape index (κ3) is 3.30. The molecule has 1 aliphatic rings. The summed E-state index contributed by atoms with van der Waals surface area (Å²) in [6.45, 7) is 0. The van der Waals surface area contributed by atoms with Crippen LogP contribution in [0.15, 0.2) is 30.3 Å². The third-order valence-electron chi connectivity index (χ3n) is 4.79. The first-order valence-corrected chi connectivity index (χ1v) is 8.40. The highest BCUT2D eigenvalue weighted by atomic mass is 19.4. The number of carbonyl (C=O) groups is 2. The van der Waals surface area contributed by atoms with Gasteiger partial charge in [0.05, 0.1) is 14.2 Å². The lowest BCUT2D eigenvalue weighted by atomic mass is 9.87. The molecule has 0 heterocycles. The van der Waals surface area contributed by atoms with E-state index in [2.05, 4.69) is 0 Å². The lowest BCUT2D eigenvalue weighted by molar-refractivity contribution is -0.176. The smallest absolute Gasteiger partial charge is 0.406 e. The number of carboxylic acids is 1. The first kappa shape index (κ1) is 19.7. The molecule has 0 amide bonds. The maximum atomic E-state index is 13.7. The minimum Gasteiger partial charge on any atom is -0.493 e. The number of benzene rings is 2. The van der Waals surface area contributed by atoms with Gasteiger partial charge >= 0.3 is 12.1 Å². The van der Waals surface area contributed by atoms with Crippen LogP contribution in [0.3, 0.4) is 0 Å². The molecular weight excluding hydrogens is 377 g/mol. The number of hydrogen-bond donors (Lipinski definition) is 1. The van der Waals surface area contributed by atoms with Crippen molar-refractivity contribution in [2.45, 2.75) is 24.9 Å². The molecule has 1 N–H and O–H groups in total. The van der Waals surface area contributed by atoms with Crippen molar-refractivity contribution < 1.29 is 37.3 Å². The Bertz CT molecular complexity index is 950. The monoisotopic (exact) mass is 394 g/mol. The summed E-state index contributed by atoms with van der Waals surface area (Å²) < 4.78 is 51.2. The second-order valence-corrected chi connectivity index (χ2v) is 6.37. The molecule has 0 fully saturated rings. The van der Waals surface area contributed by atoms with E-state index in [1.807, 2.05) is 0 Å². The molecule has 0 radical (unpaired) electrons.